The fourth-order valence-corrected chi connectivity index (χ4v) is 2.94. The van der Waals surface area contributed by atoms with E-state index in [1.165, 1.54) is 36.8 Å². The van der Waals surface area contributed by atoms with Crippen molar-refractivity contribution in [1.82, 2.24) is 5.32 Å². The van der Waals surface area contributed by atoms with Gasteiger partial charge in [-0.05, 0) is 42.4 Å². The van der Waals surface area contributed by atoms with Crippen LogP contribution in [0.5, 0.6) is 0 Å². The fraction of sp³-hybridized carbons (Fsp3) is 0.333. The molecule has 1 N–H and O–H groups in total. The van der Waals surface area contributed by atoms with Gasteiger partial charge < -0.3 is 5.32 Å². The first kappa shape index (κ1) is 15.1. The van der Waals surface area contributed by atoms with Crippen LogP contribution in [-0.2, 0) is 19.4 Å². The zero-order chi connectivity index (χ0) is 12.9. The van der Waals surface area contributed by atoms with E-state index in [-0.39, 0.29) is 12.4 Å². The normalized spacial score (nSPS) is 17.7. The van der Waals surface area contributed by atoms with E-state index in [0.29, 0.717) is 6.04 Å². The molecule has 0 saturated carbocycles. The molecule has 0 amide bonds. The lowest BCUT2D eigenvalue weighted by atomic mass is 10.0. The highest BCUT2D eigenvalue weighted by molar-refractivity contribution is 5.85. The average Bonchev–Trinajstić information content (AvgIpc) is 2.68. The number of benzene rings is 2. The molecule has 0 radical (unpaired) electrons. The molecule has 0 bridgehead atoms. The molecule has 1 unspecified atom stereocenters. The van der Waals surface area contributed by atoms with Crippen LogP contribution in [0, 0.1) is 0 Å². The molecule has 0 spiro atoms. The summed E-state index contributed by atoms with van der Waals surface area (Å²) in [4.78, 5) is 0. The van der Waals surface area contributed by atoms with Gasteiger partial charge in [0, 0.05) is 12.6 Å². The largest absolute Gasteiger partial charge is 0.310 e. The molecule has 20 heavy (non-hydrogen) atoms. The minimum atomic E-state index is 0. The summed E-state index contributed by atoms with van der Waals surface area (Å²) in [5.41, 5.74) is 4.46. The second-order valence-corrected chi connectivity index (χ2v) is 5.43. The van der Waals surface area contributed by atoms with Gasteiger partial charge in [0.25, 0.3) is 0 Å². The molecular formula is C18H22ClN. The third-order valence-corrected chi connectivity index (χ3v) is 4.02. The Balaban J connectivity index is 0.00000147. The molecule has 0 aromatic heterocycles. The molecule has 0 saturated heterocycles. The van der Waals surface area contributed by atoms with E-state index in [1.807, 2.05) is 0 Å². The number of rotatable bonds is 3. The Labute approximate surface area is 127 Å². The van der Waals surface area contributed by atoms with Crippen LogP contribution in [0.25, 0.3) is 0 Å². The molecule has 1 atom stereocenters. The Hall–Kier alpha value is -1.31. The minimum Gasteiger partial charge on any atom is -0.310 e. The highest BCUT2D eigenvalue weighted by Crippen LogP contribution is 2.20. The zero-order valence-electron chi connectivity index (χ0n) is 11.7. The van der Waals surface area contributed by atoms with Gasteiger partial charge in [0.1, 0.15) is 0 Å². The van der Waals surface area contributed by atoms with Crippen molar-refractivity contribution in [1.29, 1.82) is 0 Å². The van der Waals surface area contributed by atoms with Crippen LogP contribution in [0.4, 0.5) is 0 Å². The van der Waals surface area contributed by atoms with E-state index in [2.05, 4.69) is 59.9 Å². The molecule has 1 aliphatic carbocycles. The van der Waals surface area contributed by atoms with Gasteiger partial charge in [-0.3, -0.25) is 0 Å². The maximum absolute atomic E-state index is 3.72. The second-order valence-electron chi connectivity index (χ2n) is 5.43. The quantitative estimate of drug-likeness (QED) is 0.837. The Kier molecular flexibility index (Phi) is 5.63. The summed E-state index contributed by atoms with van der Waals surface area (Å²) in [7, 11) is 0. The molecule has 0 heterocycles. The van der Waals surface area contributed by atoms with Crippen LogP contribution in [-0.4, -0.2) is 6.04 Å². The Morgan fingerprint density at radius 1 is 0.900 bits per heavy atom. The van der Waals surface area contributed by atoms with Crippen LogP contribution >= 0.6 is 12.4 Å². The summed E-state index contributed by atoms with van der Waals surface area (Å²) in [6.45, 7) is 0.980. The van der Waals surface area contributed by atoms with E-state index in [1.54, 1.807) is 5.56 Å². The van der Waals surface area contributed by atoms with E-state index in [9.17, 15) is 0 Å². The number of halogens is 1. The number of hydrogen-bond donors (Lipinski definition) is 1. The molecule has 106 valence electrons. The van der Waals surface area contributed by atoms with Crippen molar-refractivity contribution in [3.8, 4) is 0 Å². The van der Waals surface area contributed by atoms with Crippen LogP contribution in [0.2, 0.25) is 0 Å². The van der Waals surface area contributed by atoms with Gasteiger partial charge >= 0.3 is 0 Å². The molecule has 0 fully saturated rings. The van der Waals surface area contributed by atoms with Crippen LogP contribution in [0.15, 0.2) is 54.6 Å². The summed E-state index contributed by atoms with van der Waals surface area (Å²) in [6, 6.07) is 20.2. The standard InChI is InChI=1S/C18H21N.ClH/c1-2-7-15(8-3-1)14-19-18-12-6-11-16-9-4-5-10-17(16)13-18;/h1-5,7-10,18-19H,6,11-14H2;1H. The van der Waals surface area contributed by atoms with Crippen LogP contribution < -0.4 is 5.32 Å². The molecule has 2 aromatic carbocycles. The van der Waals surface area contributed by atoms with Crippen LogP contribution in [0.1, 0.15) is 29.5 Å². The average molecular weight is 288 g/mol. The maximum Gasteiger partial charge on any atom is 0.0208 e. The lowest BCUT2D eigenvalue weighted by Crippen LogP contribution is -2.30. The van der Waals surface area contributed by atoms with Crippen molar-refractivity contribution in [2.24, 2.45) is 0 Å². The number of nitrogens with one attached hydrogen (secondary N) is 1. The van der Waals surface area contributed by atoms with Crippen molar-refractivity contribution < 1.29 is 0 Å². The van der Waals surface area contributed by atoms with Gasteiger partial charge in [-0.1, -0.05) is 54.6 Å². The lowest BCUT2D eigenvalue weighted by Gasteiger charge is -2.17. The van der Waals surface area contributed by atoms with Gasteiger partial charge in [-0.15, -0.1) is 12.4 Å². The van der Waals surface area contributed by atoms with Gasteiger partial charge in [-0.2, -0.15) is 0 Å². The van der Waals surface area contributed by atoms with E-state index in [0.717, 1.165) is 6.54 Å². The first-order chi connectivity index (χ1) is 9.42. The Morgan fingerprint density at radius 3 is 2.40 bits per heavy atom. The Morgan fingerprint density at radius 2 is 1.60 bits per heavy atom. The highest BCUT2D eigenvalue weighted by atomic mass is 35.5. The summed E-state index contributed by atoms with van der Waals surface area (Å²) in [5.74, 6) is 0. The summed E-state index contributed by atoms with van der Waals surface area (Å²) in [6.07, 6.45) is 4.98. The molecule has 1 aliphatic rings. The number of aryl methyl sites for hydroxylation is 1. The molecule has 2 heteroatoms. The molecule has 0 aliphatic heterocycles. The van der Waals surface area contributed by atoms with E-state index in [4.69, 9.17) is 0 Å². The monoisotopic (exact) mass is 287 g/mol. The third kappa shape index (κ3) is 3.84. The van der Waals surface area contributed by atoms with Crippen molar-refractivity contribution in [2.45, 2.75) is 38.3 Å². The maximum atomic E-state index is 3.72. The Bertz CT molecular complexity index is 524. The van der Waals surface area contributed by atoms with Crippen molar-refractivity contribution in [3.63, 3.8) is 0 Å². The molecular weight excluding hydrogens is 266 g/mol. The lowest BCUT2D eigenvalue weighted by molar-refractivity contribution is 0.475. The van der Waals surface area contributed by atoms with Crippen LogP contribution in [0.3, 0.4) is 0 Å². The number of hydrogen-bond acceptors (Lipinski definition) is 1. The van der Waals surface area contributed by atoms with Crippen molar-refractivity contribution in [2.75, 3.05) is 0 Å². The van der Waals surface area contributed by atoms with Gasteiger partial charge in [0.05, 0.1) is 0 Å². The van der Waals surface area contributed by atoms with Gasteiger partial charge in [0.15, 0.2) is 0 Å². The van der Waals surface area contributed by atoms with E-state index < -0.39 is 0 Å². The topological polar surface area (TPSA) is 12.0 Å². The van der Waals surface area contributed by atoms with Gasteiger partial charge in [-0.25, -0.2) is 0 Å². The fourth-order valence-electron chi connectivity index (χ4n) is 2.94. The highest BCUT2D eigenvalue weighted by Gasteiger charge is 2.15. The number of fused-ring (bicyclic) bond motifs is 1. The predicted octanol–water partition coefficient (Wildman–Crippen LogP) is 4.15. The van der Waals surface area contributed by atoms with Gasteiger partial charge in [0.2, 0.25) is 0 Å². The minimum absolute atomic E-state index is 0. The first-order valence-electron chi connectivity index (χ1n) is 7.26. The summed E-state index contributed by atoms with van der Waals surface area (Å²) >= 11 is 0. The SMILES string of the molecule is Cl.c1ccc(CNC2CCCc3ccccc3C2)cc1. The summed E-state index contributed by atoms with van der Waals surface area (Å²) < 4.78 is 0. The predicted molar refractivity (Wildman–Crippen MR) is 87.4 cm³/mol. The van der Waals surface area contributed by atoms with E-state index >= 15 is 0 Å². The first-order valence-corrected chi connectivity index (χ1v) is 7.26. The van der Waals surface area contributed by atoms with Crippen molar-refractivity contribution >= 4 is 12.4 Å². The smallest absolute Gasteiger partial charge is 0.0208 e. The van der Waals surface area contributed by atoms with Crippen molar-refractivity contribution in [3.05, 3.63) is 71.3 Å². The third-order valence-electron chi connectivity index (χ3n) is 4.02. The molecule has 1 nitrogen and oxygen atoms in total. The zero-order valence-corrected chi connectivity index (χ0v) is 12.5. The molecule has 3 rings (SSSR count). The molecule has 2 aromatic rings. The second kappa shape index (κ2) is 7.47. The summed E-state index contributed by atoms with van der Waals surface area (Å²) in [5, 5.41) is 3.72.